The molecule has 106 valence electrons. The molecular weight excluding hydrogens is 256 g/mol. The Balaban J connectivity index is 2.53. The van der Waals surface area contributed by atoms with Crippen LogP contribution in [0.5, 0.6) is 0 Å². The predicted octanol–water partition coefficient (Wildman–Crippen LogP) is 2.25. The van der Waals surface area contributed by atoms with Gasteiger partial charge in [0.1, 0.15) is 4.99 Å². The Morgan fingerprint density at radius 3 is 2.53 bits per heavy atom. The van der Waals surface area contributed by atoms with E-state index in [0.717, 1.165) is 18.8 Å². The maximum absolute atomic E-state index is 5.57. The second-order valence-electron chi connectivity index (χ2n) is 5.15. The number of hydrogen-bond acceptors (Lipinski definition) is 4. The smallest absolute Gasteiger partial charge is 0.122 e. The summed E-state index contributed by atoms with van der Waals surface area (Å²) in [5.74, 6) is 0. The van der Waals surface area contributed by atoms with Gasteiger partial charge in [0.25, 0.3) is 0 Å². The van der Waals surface area contributed by atoms with Crippen LogP contribution >= 0.6 is 12.2 Å². The molecule has 0 radical (unpaired) electrons. The average molecular weight is 280 g/mol. The SMILES string of the molecule is CC(C)N(CCNc1ccnc(C(N)=S)c1)C(C)C. The Labute approximate surface area is 121 Å². The van der Waals surface area contributed by atoms with Crippen LogP contribution in [0.3, 0.4) is 0 Å². The van der Waals surface area contributed by atoms with E-state index in [0.29, 0.717) is 22.8 Å². The van der Waals surface area contributed by atoms with Crippen molar-refractivity contribution in [2.24, 2.45) is 5.73 Å². The molecule has 0 saturated carbocycles. The highest BCUT2D eigenvalue weighted by Crippen LogP contribution is 2.09. The van der Waals surface area contributed by atoms with Crippen LogP contribution in [0.4, 0.5) is 5.69 Å². The Kier molecular flexibility index (Phi) is 6.18. The van der Waals surface area contributed by atoms with Crippen LogP contribution < -0.4 is 11.1 Å². The molecule has 0 fully saturated rings. The zero-order chi connectivity index (χ0) is 14.4. The first-order valence-electron chi connectivity index (χ1n) is 6.67. The van der Waals surface area contributed by atoms with Crippen LogP contribution in [0.25, 0.3) is 0 Å². The normalized spacial score (nSPS) is 11.3. The first-order chi connectivity index (χ1) is 8.91. The number of pyridine rings is 1. The minimum absolute atomic E-state index is 0.328. The highest BCUT2D eigenvalue weighted by atomic mass is 32.1. The predicted molar refractivity (Wildman–Crippen MR) is 85.6 cm³/mol. The lowest BCUT2D eigenvalue weighted by Gasteiger charge is -2.30. The molecule has 0 aromatic carbocycles. The van der Waals surface area contributed by atoms with Crippen molar-refractivity contribution in [2.45, 2.75) is 39.8 Å². The van der Waals surface area contributed by atoms with Gasteiger partial charge >= 0.3 is 0 Å². The van der Waals surface area contributed by atoms with E-state index in [4.69, 9.17) is 18.0 Å². The average Bonchev–Trinajstić information content (AvgIpc) is 2.34. The third-order valence-corrected chi connectivity index (χ3v) is 3.25. The van der Waals surface area contributed by atoms with Crippen molar-refractivity contribution in [3.05, 3.63) is 24.0 Å². The molecule has 5 heteroatoms. The molecule has 0 saturated heterocycles. The lowest BCUT2D eigenvalue weighted by molar-refractivity contribution is 0.182. The van der Waals surface area contributed by atoms with Crippen molar-refractivity contribution in [1.82, 2.24) is 9.88 Å². The third kappa shape index (κ3) is 5.12. The molecule has 19 heavy (non-hydrogen) atoms. The molecular formula is C14H24N4S. The van der Waals surface area contributed by atoms with Crippen molar-refractivity contribution in [1.29, 1.82) is 0 Å². The van der Waals surface area contributed by atoms with Crippen LogP contribution in [0.1, 0.15) is 33.4 Å². The number of rotatable bonds is 7. The summed E-state index contributed by atoms with van der Waals surface area (Å²) in [5.41, 5.74) is 7.23. The molecule has 0 spiro atoms. The van der Waals surface area contributed by atoms with Gasteiger partial charge in [-0.2, -0.15) is 0 Å². The first kappa shape index (κ1) is 15.9. The highest BCUT2D eigenvalue weighted by Gasteiger charge is 2.12. The molecule has 0 aliphatic rings. The van der Waals surface area contributed by atoms with Crippen LogP contribution in [-0.2, 0) is 0 Å². The fraction of sp³-hybridized carbons (Fsp3) is 0.571. The van der Waals surface area contributed by atoms with Crippen molar-refractivity contribution in [2.75, 3.05) is 18.4 Å². The van der Waals surface area contributed by atoms with Gasteiger partial charge in [0.2, 0.25) is 0 Å². The fourth-order valence-electron chi connectivity index (χ4n) is 2.12. The summed E-state index contributed by atoms with van der Waals surface area (Å²) in [5, 5.41) is 3.38. The zero-order valence-corrected chi connectivity index (χ0v) is 13.0. The summed E-state index contributed by atoms with van der Waals surface area (Å²) in [6.07, 6.45) is 1.72. The molecule has 0 amide bonds. The van der Waals surface area contributed by atoms with E-state index >= 15 is 0 Å². The van der Waals surface area contributed by atoms with Gasteiger partial charge in [0, 0.05) is 37.1 Å². The minimum atomic E-state index is 0.328. The Hall–Kier alpha value is -1.20. The lowest BCUT2D eigenvalue weighted by atomic mass is 10.2. The minimum Gasteiger partial charge on any atom is -0.388 e. The maximum Gasteiger partial charge on any atom is 0.122 e. The van der Waals surface area contributed by atoms with Crippen LogP contribution in [0.15, 0.2) is 18.3 Å². The number of nitrogens with one attached hydrogen (secondary N) is 1. The number of hydrogen-bond donors (Lipinski definition) is 2. The molecule has 1 rings (SSSR count). The number of anilines is 1. The molecule has 1 aromatic heterocycles. The zero-order valence-electron chi connectivity index (χ0n) is 12.2. The summed E-state index contributed by atoms with van der Waals surface area (Å²) in [6, 6.07) is 4.91. The summed E-state index contributed by atoms with van der Waals surface area (Å²) >= 11 is 4.92. The van der Waals surface area contributed by atoms with Gasteiger partial charge in [0.15, 0.2) is 0 Å². The van der Waals surface area contributed by atoms with Crippen molar-refractivity contribution < 1.29 is 0 Å². The maximum atomic E-state index is 5.57. The van der Waals surface area contributed by atoms with E-state index in [9.17, 15) is 0 Å². The monoisotopic (exact) mass is 280 g/mol. The van der Waals surface area contributed by atoms with Crippen LogP contribution in [-0.4, -0.2) is 40.0 Å². The Morgan fingerprint density at radius 1 is 1.37 bits per heavy atom. The number of nitrogens with zero attached hydrogens (tertiary/aromatic N) is 2. The van der Waals surface area contributed by atoms with Crippen LogP contribution in [0, 0.1) is 0 Å². The molecule has 3 N–H and O–H groups in total. The number of aromatic nitrogens is 1. The number of nitrogens with two attached hydrogens (primary N) is 1. The van der Waals surface area contributed by atoms with Crippen molar-refractivity contribution in [3.8, 4) is 0 Å². The van der Waals surface area contributed by atoms with E-state index in [-0.39, 0.29) is 0 Å². The summed E-state index contributed by atoms with van der Waals surface area (Å²) in [7, 11) is 0. The summed E-state index contributed by atoms with van der Waals surface area (Å²) in [6.45, 7) is 10.8. The Bertz CT molecular complexity index is 410. The van der Waals surface area contributed by atoms with Gasteiger partial charge in [0.05, 0.1) is 5.69 Å². The van der Waals surface area contributed by atoms with E-state index < -0.39 is 0 Å². The van der Waals surface area contributed by atoms with E-state index in [2.05, 4.69) is 42.9 Å². The standard InChI is InChI=1S/C14H24N4S/c1-10(2)18(11(3)4)8-7-16-12-5-6-17-13(9-12)14(15)19/h5-6,9-11H,7-8H2,1-4H3,(H2,15,19)(H,16,17). The fourth-order valence-corrected chi connectivity index (χ4v) is 2.23. The third-order valence-electron chi connectivity index (χ3n) is 3.04. The van der Waals surface area contributed by atoms with Gasteiger partial charge in [-0.1, -0.05) is 12.2 Å². The molecule has 0 bridgehead atoms. The number of thiocarbonyl (C=S) groups is 1. The second-order valence-corrected chi connectivity index (χ2v) is 5.59. The van der Waals surface area contributed by atoms with Gasteiger partial charge in [-0.15, -0.1) is 0 Å². The molecule has 0 atom stereocenters. The molecule has 4 nitrogen and oxygen atoms in total. The van der Waals surface area contributed by atoms with Gasteiger partial charge in [-0.25, -0.2) is 0 Å². The molecule has 1 aromatic rings. The summed E-state index contributed by atoms with van der Waals surface area (Å²) in [4.78, 5) is 6.90. The van der Waals surface area contributed by atoms with Gasteiger partial charge in [-0.3, -0.25) is 9.88 Å². The topological polar surface area (TPSA) is 54.2 Å². The second kappa shape index (κ2) is 7.40. The highest BCUT2D eigenvalue weighted by molar-refractivity contribution is 7.80. The van der Waals surface area contributed by atoms with E-state index in [1.54, 1.807) is 6.20 Å². The largest absolute Gasteiger partial charge is 0.388 e. The van der Waals surface area contributed by atoms with E-state index in [1.807, 2.05) is 12.1 Å². The van der Waals surface area contributed by atoms with Crippen molar-refractivity contribution >= 4 is 22.9 Å². The first-order valence-corrected chi connectivity index (χ1v) is 7.08. The molecule has 1 heterocycles. The molecule has 0 aliphatic heterocycles. The lowest BCUT2D eigenvalue weighted by Crippen LogP contribution is -2.40. The summed E-state index contributed by atoms with van der Waals surface area (Å²) < 4.78 is 0. The Morgan fingerprint density at radius 2 is 2.00 bits per heavy atom. The quantitative estimate of drug-likeness (QED) is 0.750. The van der Waals surface area contributed by atoms with Gasteiger partial charge in [-0.05, 0) is 39.8 Å². The van der Waals surface area contributed by atoms with E-state index in [1.165, 1.54) is 0 Å². The van der Waals surface area contributed by atoms with Crippen LogP contribution in [0.2, 0.25) is 0 Å². The van der Waals surface area contributed by atoms with Crippen molar-refractivity contribution in [3.63, 3.8) is 0 Å². The molecule has 0 unspecified atom stereocenters. The van der Waals surface area contributed by atoms with Gasteiger partial charge < -0.3 is 11.1 Å². The molecule has 0 aliphatic carbocycles.